The number of aliphatic hydroxyl groups is 3. The SMILES string of the molecule is Cc1cncc2oc(-c3c(Cl)nc(N)nc3NC3(O)CCC(CO)C3O)cc12. The second kappa shape index (κ2) is 6.85. The van der Waals surface area contributed by atoms with E-state index in [1.54, 1.807) is 18.5 Å². The number of hydrogen-bond donors (Lipinski definition) is 5. The lowest BCUT2D eigenvalue weighted by Crippen LogP contribution is -2.48. The molecular formula is C18H20ClN5O4. The summed E-state index contributed by atoms with van der Waals surface area (Å²) in [5.74, 6) is -0.0498. The van der Waals surface area contributed by atoms with Crippen LogP contribution in [0.15, 0.2) is 22.9 Å². The molecule has 0 amide bonds. The number of nitrogens with zero attached hydrogens (tertiary/aromatic N) is 3. The van der Waals surface area contributed by atoms with E-state index in [0.29, 0.717) is 23.3 Å². The van der Waals surface area contributed by atoms with Gasteiger partial charge in [-0.2, -0.15) is 4.98 Å². The number of nitrogens with one attached hydrogen (secondary N) is 1. The van der Waals surface area contributed by atoms with E-state index >= 15 is 0 Å². The maximum absolute atomic E-state index is 10.9. The normalized spacial score (nSPS) is 24.8. The van der Waals surface area contributed by atoms with Crippen LogP contribution >= 0.6 is 11.6 Å². The molecule has 3 aromatic rings. The highest BCUT2D eigenvalue weighted by molar-refractivity contribution is 6.32. The van der Waals surface area contributed by atoms with E-state index in [1.165, 1.54) is 0 Å². The van der Waals surface area contributed by atoms with Gasteiger partial charge >= 0.3 is 0 Å². The zero-order valence-electron chi connectivity index (χ0n) is 15.1. The zero-order chi connectivity index (χ0) is 20.1. The van der Waals surface area contributed by atoms with E-state index in [1.807, 2.05) is 6.92 Å². The van der Waals surface area contributed by atoms with Gasteiger partial charge < -0.3 is 30.8 Å². The molecule has 3 heterocycles. The molecule has 1 aliphatic carbocycles. The zero-order valence-corrected chi connectivity index (χ0v) is 15.8. The van der Waals surface area contributed by atoms with Crippen molar-refractivity contribution < 1.29 is 19.7 Å². The van der Waals surface area contributed by atoms with Gasteiger partial charge in [-0.1, -0.05) is 11.6 Å². The van der Waals surface area contributed by atoms with Crippen LogP contribution in [0.5, 0.6) is 0 Å². The number of halogens is 1. The Kier molecular flexibility index (Phi) is 4.62. The number of furan rings is 1. The second-order valence-electron chi connectivity index (χ2n) is 7.05. The lowest BCUT2D eigenvalue weighted by atomic mass is 10.0. The van der Waals surface area contributed by atoms with E-state index in [4.69, 9.17) is 21.8 Å². The summed E-state index contributed by atoms with van der Waals surface area (Å²) in [6.07, 6.45) is 2.77. The van der Waals surface area contributed by atoms with Gasteiger partial charge in [0.05, 0.1) is 11.8 Å². The summed E-state index contributed by atoms with van der Waals surface area (Å²) in [6.45, 7) is 1.67. The number of rotatable bonds is 4. The van der Waals surface area contributed by atoms with Gasteiger partial charge in [-0.15, -0.1) is 0 Å². The first-order chi connectivity index (χ1) is 13.3. The number of fused-ring (bicyclic) bond motifs is 1. The largest absolute Gasteiger partial charge is 0.454 e. The predicted molar refractivity (Wildman–Crippen MR) is 104 cm³/mol. The third kappa shape index (κ3) is 3.06. The summed E-state index contributed by atoms with van der Waals surface area (Å²) in [7, 11) is 0. The van der Waals surface area contributed by atoms with Crippen LogP contribution in [0.4, 0.5) is 11.8 Å². The Bertz CT molecular complexity index is 1040. The Balaban J connectivity index is 1.81. The molecule has 0 radical (unpaired) electrons. The quantitative estimate of drug-likeness (QED) is 0.322. The molecule has 9 nitrogen and oxygen atoms in total. The van der Waals surface area contributed by atoms with Crippen molar-refractivity contribution in [3.8, 4) is 11.3 Å². The molecule has 3 aromatic heterocycles. The van der Waals surface area contributed by atoms with Gasteiger partial charge in [0.2, 0.25) is 5.95 Å². The summed E-state index contributed by atoms with van der Waals surface area (Å²) in [5.41, 5.74) is 5.83. The Morgan fingerprint density at radius 3 is 2.86 bits per heavy atom. The standard InChI is InChI=1S/C18H20ClN5O4/c1-8-5-21-6-12-10(8)4-11(28-12)13-15(19)22-17(20)23-16(13)24-18(27)3-2-9(7-25)14(18)26/h4-6,9,14,25-27H,2-3,7H2,1H3,(H3,20,22,23,24). The molecule has 0 aromatic carbocycles. The smallest absolute Gasteiger partial charge is 0.223 e. The molecule has 1 fully saturated rings. The highest BCUT2D eigenvalue weighted by Crippen LogP contribution is 2.41. The maximum Gasteiger partial charge on any atom is 0.223 e. The number of anilines is 2. The van der Waals surface area contributed by atoms with Crippen molar-refractivity contribution in [3.05, 3.63) is 29.2 Å². The Hall–Kier alpha value is -2.46. The number of pyridine rings is 1. The van der Waals surface area contributed by atoms with Crippen LogP contribution in [0.2, 0.25) is 5.15 Å². The average molecular weight is 406 g/mol. The molecule has 1 saturated carbocycles. The van der Waals surface area contributed by atoms with Crippen LogP contribution in [0.3, 0.4) is 0 Å². The van der Waals surface area contributed by atoms with Gasteiger partial charge in [0.1, 0.15) is 22.8 Å². The monoisotopic (exact) mass is 405 g/mol. The van der Waals surface area contributed by atoms with Crippen LogP contribution in [0.25, 0.3) is 22.3 Å². The minimum atomic E-state index is -1.70. The summed E-state index contributed by atoms with van der Waals surface area (Å²) >= 11 is 6.33. The first-order valence-electron chi connectivity index (χ1n) is 8.79. The lowest BCUT2D eigenvalue weighted by molar-refractivity contribution is -0.0545. The third-order valence-electron chi connectivity index (χ3n) is 5.18. The van der Waals surface area contributed by atoms with Crippen LogP contribution in [-0.2, 0) is 0 Å². The summed E-state index contributed by atoms with van der Waals surface area (Å²) in [4.78, 5) is 12.3. The topological polar surface area (TPSA) is 151 Å². The predicted octanol–water partition coefficient (Wildman–Crippen LogP) is 1.69. The van der Waals surface area contributed by atoms with Crippen molar-refractivity contribution in [2.45, 2.75) is 31.6 Å². The highest BCUT2D eigenvalue weighted by Gasteiger charge is 2.47. The summed E-state index contributed by atoms with van der Waals surface area (Å²) in [5, 5.41) is 34.4. The Morgan fingerprint density at radius 2 is 2.18 bits per heavy atom. The number of aryl methyl sites for hydroxylation is 1. The molecule has 6 N–H and O–H groups in total. The molecule has 3 atom stereocenters. The fourth-order valence-electron chi connectivity index (χ4n) is 3.61. The molecule has 0 aliphatic heterocycles. The first-order valence-corrected chi connectivity index (χ1v) is 9.17. The van der Waals surface area contributed by atoms with Gasteiger partial charge in [0.15, 0.2) is 11.3 Å². The maximum atomic E-state index is 10.9. The molecule has 148 valence electrons. The van der Waals surface area contributed by atoms with Crippen molar-refractivity contribution in [1.82, 2.24) is 15.0 Å². The Labute approximate surface area is 165 Å². The lowest BCUT2D eigenvalue weighted by Gasteiger charge is -2.30. The van der Waals surface area contributed by atoms with Crippen LogP contribution in [0, 0.1) is 12.8 Å². The number of nitrogen functional groups attached to an aromatic ring is 1. The molecule has 1 aliphatic rings. The molecule has 10 heteroatoms. The number of aromatic nitrogens is 3. The Morgan fingerprint density at radius 1 is 1.39 bits per heavy atom. The van der Waals surface area contributed by atoms with Gasteiger partial charge in [-0.25, -0.2) is 4.98 Å². The van der Waals surface area contributed by atoms with Crippen LogP contribution in [-0.4, -0.2) is 48.7 Å². The van der Waals surface area contributed by atoms with Crippen molar-refractivity contribution in [2.75, 3.05) is 17.7 Å². The molecular weight excluding hydrogens is 386 g/mol. The van der Waals surface area contributed by atoms with Crippen molar-refractivity contribution in [1.29, 1.82) is 0 Å². The minimum absolute atomic E-state index is 0.0365. The summed E-state index contributed by atoms with van der Waals surface area (Å²) in [6, 6.07) is 1.78. The van der Waals surface area contributed by atoms with Crippen molar-refractivity contribution in [3.63, 3.8) is 0 Å². The molecule has 3 unspecified atom stereocenters. The second-order valence-corrected chi connectivity index (χ2v) is 7.41. The van der Waals surface area contributed by atoms with Gasteiger partial charge in [0.25, 0.3) is 0 Å². The molecule has 28 heavy (non-hydrogen) atoms. The molecule has 0 bridgehead atoms. The number of aliphatic hydroxyl groups excluding tert-OH is 2. The number of nitrogens with two attached hydrogens (primary N) is 1. The van der Waals surface area contributed by atoms with Gasteiger partial charge in [-0.05, 0) is 31.4 Å². The van der Waals surface area contributed by atoms with E-state index < -0.39 is 17.7 Å². The molecule has 4 rings (SSSR count). The van der Waals surface area contributed by atoms with Gasteiger partial charge in [-0.3, -0.25) is 4.98 Å². The fraction of sp³-hybridized carbons (Fsp3) is 0.389. The fourth-order valence-corrected chi connectivity index (χ4v) is 3.88. The van der Waals surface area contributed by atoms with E-state index in [2.05, 4.69) is 20.3 Å². The molecule has 0 spiro atoms. The van der Waals surface area contributed by atoms with E-state index in [0.717, 1.165) is 10.9 Å². The van der Waals surface area contributed by atoms with E-state index in [9.17, 15) is 15.3 Å². The molecule has 0 saturated heterocycles. The number of hydrogen-bond acceptors (Lipinski definition) is 9. The highest BCUT2D eigenvalue weighted by atomic mass is 35.5. The van der Waals surface area contributed by atoms with Gasteiger partial charge in [0, 0.05) is 24.1 Å². The first kappa shape index (κ1) is 18.9. The average Bonchev–Trinajstić information content (AvgIpc) is 3.17. The summed E-state index contributed by atoms with van der Waals surface area (Å²) < 4.78 is 5.87. The third-order valence-corrected chi connectivity index (χ3v) is 5.45. The van der Waals surface area contributed by atoms with Crippen LogP contribution in [0.1, 0.15) is 18.4 Å². The van der Waals surface area contributed by atoms with Crippen molar-refractivity contribution in [2.24, 2.45) is 5.92 Å². The van der Waals surface area contributed by atoms with Crippen molar-refractivity contribution >= 4 is 34.3 Å². The van der Waals surface area contributed by atoms with Crippen LogP contribution < -0.4 is 11.1 Å². The minimum Gasteiger partial charge on any atom is -0.454 e. The van der Waals surface area contributed by atoms with E-state index in [-0.39, 0.29) is 29.9 Å².